The number of aryl methyl sites for hydroxylation is 2. The van der Waals surface area contributed by atoms with Gasteiger partial charge in [0, 0.05) is 12.0 Å². The highest BCUT2D eigenvalue weighted by Crippen LogP contribution is 2.46. The number of ether oxygens (including phenoxy) is 1. The number of allylic oxidation sites excluding steroid dienone is 1. The van der Waals surface area contributed by atoms with Crippen LogP contribution in [0.3, 0.4) is 0 Å². The summed E-state index contributed by atoms with van der Waals surface area (Å²) in [6.45, 7) is 7.96. The quantitative estimate of drug-likeness (QED) is 0.766. The molecule has 102 valence electrons. The molecular formula is C17H22O2. The van der Waals surface area contributed by atoms with Crippen LogP contribution in [0.15, 0.2) is 24.8 Å². The van der Waals surface area contributed by atoms with E-state index >= 15 is 0 Å². The maximum atomic E-state index is 12.5. The smallest absolute Gasteiger partial charge is 0.143 e. The van der Waals surface area contributed by atoms with Crippen LogP contribution in [0.2, 0.25) is 0 Å². The Hall–Kier alpha value is -1.57. The third-order valence-corrected chi connectivity index (χ3v) is 4.18. The fraction of sp³-hybridized carbons (Fsp3) is 0.471. The van der Waals surface area contributed by atoms with E-state index in [1.165, 1.54) is 0 Å². The second-order valence-electron chi connectivity index (χ2n) is 5.51. The normalized spacial score (nSPS) is 22.6. The van der Waals surface area contributed by atoms with Gasteiger partial charge in [-0.15, -0.1) is 6.58 Å². The summed E-state index contributed by atoms with van der Waals surface area (Å²) in [5.74, 6) is 1.17. The van der Waals surface area contributed by atoms with Crippen molar-refractivity contribution in [1.82, 2.24) is 0 Å². The highest BCUT2D eigenvalue weighted by atomic mass is 16.5. The van der Waals surface area contributed by atoms with Crippen molar-refractivity contribution >= 4 is 5.78 Å². The standard InChI is InChI=1S/C17H22O2/c1-5-8-17(9-6-7-15(17)18)16-13(3)10-12(2)11-14(16)19-4/h5,10-11H,1,6-9H2,2-4H3/t17-/m0/s1. The summed E-state index contributed by atoms with van der Waals surface area (Å²) >= 11 is 0. The van der Waals surface area contributed by atoms with Gasteiger partial charge in [0.2, 0.25) is 0 Å². The summed E-state index contributed by atoms with van der Waals surface area (Å²) in [6.07, 6.45) is 5.10. The molecule has 1 aliphatic rings. The monoisotopic (exact) mass is 258 g/mol. The van der Waals surface area contributed by atoms with Crippen molar-refractivity contribution in [3.63, 3.8) is 0 Å². The predicted molar refractivity (Wildman–Crippen MR) is 77.8 cm³/mol. The number of methoxy groups -OCH3 is 1. The molecule has 1 aromatic carbocycles. The van der Waals surface area contributed by atoms with E-state index in [4.69, 9.17) is 4.74 Å². The molecular weight excluding hydrogens is 236 g/mol. The first-order valence-corrected chi connectivity index (χ1v) is 6.85. The average Bonchev–Trinajstić information content (AvgIpc) is 2.71. The lowest BCUT2D eigenvalue weighted by atomic mass is 9.73. The summed E-state index contributed by atoms with van der Waals surface area (Å²) in [7, 11) is 1.68. The van der Waals surface area contributed by atoms with Gasteiger partial charge in [0.15, 0.2) is 0 Å². The second-order valence-corrected chi connectivity index (χ2v) is 5.51. The first-order valence-electron chi connectivity index (χ1n) is 6.85. The van der Waals surface area contributed by atoms with Crippen molar-refractivity contribution in [2.45, 2.75) is 44.9 Å². The third kappa shape index (κ3) is 2.20. The van der Waals surface area contributed by atoms with E-state index in [9.17, 15) is 4.79 Å². The van der Waals surface area contributed by atoms with Gasteiger partial charge < -0.3 is 4.74 Å². The number of ketones is 1. The van der Waals surface area contributed by atoms with Crippen LogP contribution in [-0.2, 0) is 10.2 Å². The van der Waals surface area contributed by atoms with Crippen LogP contribution in [0, 0.1) is 13.8 Å². The number of Topliss-reactive ketones (excluding diaryl/α,β-unsaturated/α-hetero) is 1. The zero-order valence-electron chi connectivity index (χ0n) is 12.1. The fourth-order valence-corrected chi connectivity index (χ4v) is 3.46. The summed E-state index contributed by atoms with van der Waals surface area (Å²) in [4.78, 5) is 12.5. The Kier molecular flexibility index (Phi) is 3.79. The molecule has 2 heteroatoms. The lowest BCUT2D eigenvalue weighted by Crippen LogP contribution is -2.31. The molecule has 0 unspecified atom stereocenters. The Morgan fingerprint density at radius 2 is 2.16 bits per heavy atom. The minimum Gasteiger partial charge on any atom is -0.496 e. The largest absolute Gasteiger partial charge is 0.496 e. The third-order valence-electron chi connectivity index (χ3n) is 4.18. The highest BCUT2D eigenvalue weighted by molar-refractivity contribution is 5.93. The summed E-state index contributed by atoms with van der Waals surface area (Å²) in [5, 5.41) is 0. The van der Waals surface area contributed by atoms with Crippen LogP contribution in [0.4, 0.5) is 0 Å². The zero-order chi connectivity index (χ0) is 14.0. The number of benzene rings is 1. The van der Waals surface area contributed by atoms with E-state index < -0.39 is 5.41 Å². The van der Waals surface area contributed by atoms with Crippen molar-refractivity contribution in [2.24, 2.45) is 0 Å². The Labute approximate surface area is 115 Å². The molecule has 0 spiro atoms. The molecule has 1 aromatic rings. The van der Waals surface area contributed by atoms with E-state index in [0.29, 0.717) is 18.6 Å². The van der Waals surface area contributed by atoms with Gasteiger partial charge in [-0.1, -0.05) is 12.1 Å². The Morgan fingerprint density at radius 1 is 1.42 bits per heavy atom. The molecule has 0 saturated heterocycles. The summed E-state index contributed by atoms with van der Waals surface area (Å²) in [6, 6.07) is 4.16. The molecule has 0 aliphatic heterocycles. The van der Waals surface area contributed by atoms with E-state index in [2.05, 4.69) is 26.5 Å². The number of carbonyl (C=O) groups excluding carboxylic acids is 1. The summed E-state index contributed by atoms with van der Waals surface area (Å²) < 4.78 is 5.55. The number of rotatable bonds is 4. The van der Waals surface area contributed by atoms with E-state index in [0.717, 1.165) is 35.3 Å². The number of carbonyl (C=O) groups is 1. The molecule has 0 N–H and O–H groups in total. The van der Waals surface area contributed by atoms with E-state index in [1.807, 2.05) is 12.1 Å². The molecule has 0 bridgehead atoms. The van der Waals surface area contributed by atoms with E-state index in [1.54, 1.807) is 7.11 Å². The van der Waals surface area contributed by atoms with Crippen LogP contribution >= 0.6 is 0 Å². The predicted octanol–water partition coefficient (Wildman–Crippen LogP) is 3.88. The van der Waals surface area contributed by atoms with Gasteiger partial charge in [0.1, 0.15) is 11.5 Å². The molecule has 19 heavy (non-hydrogen) atoms. The fourth-order valence-electron chi connectivity index (χ4n) is 3.46. The minimum atomic E-state index is -0.412. The molecule has 0 heterocycles. The average molecular weight is 258 g/mol. The molecule has 1 aliphatic carbocycles. The highest BCUT2D eigenvalue weighted by Gasteiger charge is 2.45. The van der Waals surface area contributed by atoms with E-state index in [-0.39, 0.29) is 0 Å². The van der Waals surface area contributed by atoms with Gasteiger partial charge in [-0.25, -0.2) is 0 Å². The molecule has 0 radical (unpaired) electrons. The first-order chi connectivity index (χ1) is 9.05. The van der Waals surface area contributed by atoms with Gasteiger partial charge in [0.25, 0.3) is 0 Å². The minimum absolute atomic E-state index is 0.331. The van der Waals surface area contributed by atoms with Crippen LogP contribution in [0.5, 0.6) is 5.75 Å². The van der Waals surface area contributed by atoms with Crippen LogP contribution < -0.4 is 4.74 Å². The van der Waals surface area contributed by atoms with Crippen LogP contribution in [-0.4, -0.2) is 12.9 Å². The maximum Gasteiger partial charge on any atom is 0.143 e. The summed E-state index contributed by atoms with van der Waals surface area (Å²) in [5.41, 5.74) is 2.97. The van der Waals surface area contributed by atoms with Crippen LogP contribution in [0.1, 0.15) is 42.4 Å². The molecule has 2 nitrogen and oxygen atoms in total. The lowest BCUT2D eigenvalue weighted by Gasteiger charge is -2.30. The Balaban J connectivity index is 2.66. The van der Waals surface area contributed by atoms with Crippen molar-refractivity contribution in [3.05, 3.63) is 41.5 Å². The molecule has 0 amide bonds. The first kappa shape index (κ1) is 13.9. The maximum absolute atomic E-state index is 12.5. The van der Waals surface area contributed by atoms with Gasteiger partial charge >= 0.3 is 0 Å². The molecule has 1 atom stereocenters. The molecule has 1 fully saturated rings. The number of hydrogen-bond acceptors (Lipinski definition) is 2. The molecule has 0 aromatic heterocycles. The SMILES string of the molecule is C=CC[C@]1(c2c(C)cc(C)cc2OC)CCCC1=O. The van der Waals surface area contributed by atoms with Gasteiger partial charge in [-0.05, 0) is 50.3 Å². The number of hydrogen-bond donors (Lipinski definition) is 0. The van der Waals surface area contributed by atoms with Crippen molar-refractivity contribution in [2.75, 3.05) is 7.11 Å². The Morgan fingerprint density at radius 3 is 2.68 bits per heavy atom. The van der Waals surface area contributed by atoms with Crippen molar-refractivity contribution in [1.29, 1.82) is 0 Å². The molecule has 1 saturated carbocycles. The van der Waals surface area contributed by atoms with Gasteiger partial charge in [-0.2, -0.15) is 0 Å². The Bertz CT molecular complexity index is 516. The van der Waals surface area contributed by atoms with Gasteiger partial charge in [-0.3, -0.25) is 4.79 Å². The zero-order valence-corrected chi connectivity index (χ0v) is 12.1. The van der Waals surface area contributed by atoms with Gasteiger partial charge in [0.05, 0.1) is 12.5 Å². The second kappa shape index (κ2) is 5.20. The van der Waals surface area contributed by atoms with Crippen LogP contribution in [0.25, 0.3) is 0 Å². The topological polar surface area (TPSA) is 26.3 Å². The molecule has 2 rings (SSSR count). The van der Waals surface area contributed by atoms with Crippen molar-refractivity contribution in [3.8, 4) is 5.75 Å². The lowest BCUT2D eigenvalue weighted by molar-refractivity contribution is -0.122. The van der Waals surface area contributed by atoms with Crippen molar-refractivity contribution < 1.29 is 9.53 Å².